The van der Waals surface area contributed by atoms with Gasteiger partial charge < -0.3 is 5.32 Å². The van der Waals surface area contributed by atoms with Crippen LogP contribution in [0.2, 0.25) is 0 Å². The van der Waals surface area contributed by atoms with Crippen LogP contribution < -0.4 is 5.32 Å². The molecule has 0 aliphatic carbocycles. The highest BCUT2D eigenvalue weighted by Crippen LogP contribution is 2.20. The molecule has 25 heavy (non-hydrogen) atoms. The minimum absolute atomic E-state index is 0.0631. The highest BCUT2D eigenvalue weighted by Gasteiger charge is 2.28. The van der Waals surface area contributed by atoms with Crippen LogP contribution in [0.3, 0.4) is 0 Å². The molecule has 134 valence electrons. The standard InChI is InChI=1S/C17H22N4O2S2/c1-24-17-8-7-16(19-20-17)18-15-9-11-21(12-10-15)25(22,23)13-14-5-3-2-4-6-14/h2-8,15H,9-13H2,1H3,(H,18,19). The fourth-order valence-electron chi connectivity index (χ4n) is 2.87. The second kappa shape index (κ2) is 8.16. The Hall–Kier alpha value is -1.64. The fraction of sp³-hybridized carbons (Fsp3) is 0.412. The molecule has 1 aromatic carbocycles. The molecule has 0 radical (unpaired) electrons. The number of benzene rings is 1. The van der Waals surface area contributed by atoms with Crippen molar-refractivity contribution in [1.29, 1.82) is 0 Å². The second-order valence-corrected chi connectivity index (χ2v) is 8.82. The van der Waals surface area contributed by atoms with Gasteiger partial charge in [-0.05, 0) is 36.8 Å². The van der Waals surface area contributed by atoms with Crippen LogP contribution >= 0.6 is 11.8 Å². The predicted octanol–water partition coefficient (Wildman–Crippen LogP) is 2.60. The van der Waals surface area contributed by atoms with Gasteiger partial charge in [0.25, 0.3) is 0 Å². The van der Waals surface area contributed by atoms with Crippen LogP contribution in [0.5, 0.6) is 0 Å². The minimum Gasteiger partial charge on any atom is -0.366 e. The number of nitrogens with one attached hydrogen (secondary N) is 1. The number of hydrogen-bond acceptors (Lipinski definition) is 6. The molecular formula is C17H22N4O2S2. The van der Waals surface area contributed by atoms with Gasteiger partial charge >= 0.3 is 0 Å². The van der Waals surface area contributed by atoms with Crippen molar-refractivity contribution in [2.45, 2.75) is 29.7 Å². The zero-order valence-electron chi connectivity index (χ0n) is 14.1. The van der Waals surface area contributed by atoms with Crippen molar-refractivity contribution >= 4 is 27.6 Å². The molecule has 1 saturated heterocycles. The third kappa shape index (κ3) is 4.93. The van der Waals surface area contributed by atoms with Crippen LogP contribution in [-0.2, 0) is 15.8 Å². The predicted molar refractivity (Wildman–Crippen MR) is 101 cm³/mol. The fourth-order valence-corrected chi connectivity index (χ4v) is 4.76. The average Bonchev–Trinajstić information content (AvgIpc) is 2.63. The molecule has 1 aromatic heterocycles. The number of piperidine rings is 1. The lowest BCUT2D eigenvalue weighted by molar-refractivity contribution is 0.329. The van der Waals surface area contributed by atoms with E-state index in [0.717, 1.165) is 29.2 Å². The van der Waals surface area contributed by atoms with Crippen LogP contribution in [0.15, 0.2) is 47.5 Å². The van der Waals surface area contributed by atoms with Crippen molar-refractivity contribution < 1.29 is 8.42 Å². The van der Waals surface area contributed by atoms with Crippen molar-refractivity contribution in [2.75, 3.05) is 24.7 Å². The zero-order valence-corrected chi connectivity index (χ0v) is 15.8. The van der Waals surface area contributed by atoms with E-state index in [-0.39, 0.29) is 11.8 Å². The van der Waals surface area contributed by atoms with Crippen molar-refractivity contribution in [2.24, 2.45) is 0 Å². The van der Waals surface area contributed by atoms with Gasteiger partial charge in [-0.15, -0.1) is 22.0 Å². The van der Waals surface area contributed by atoms with E-state index in [1.54, 1.807) is 16.1 Å². The maximum Gasteiger partial charge on any atom is 0.218 e. The topological polar surface area (TPSA) is 75.2 Å². The molecule has 0 amide bonds. The van der Waals surface area contributed by atoms with E-state index >= 15 is 0 Å². The van der Waals surface area contributed by atoms with Crippen LogP contribution in [0.4, 0.5) is 5.82 Å². The Morgan fingerprint density at radius 1 is 1.12 bits per heavy atom. The largest absolute Gasteiger partial charge is 0.366 e. The molecule has 2 aromatic rings. The molecule has 0 atom stereocenters. The van der Waals surface area contributed by atoms with E-state index in [0.29, 0.717) is 13.1 Å². The quantitative estimate of drug-likeness (QED) is 0.779. The Morgan fingerprint density at radius 2 is 1.84 bits per heavy atom. The molecule has 3 rings (SSSR count). The zero-order chi connectivity index (χ0) is 17.7. The van der Waals surface area contributed by atoms with Crippen molar-refractivity contribution in [3.8, 4) is 0 Å². The molecule has 8 heteroatoms. The molecule has 0 unspecified atom stereocenters. The van der Waals surface area contributed by atoms with E-state index in [1.807, 2.05) is 48.7 Å². The third-order valence-electron chi connectivity index (χ3n) is 4.24. The van der Waals surface area contributed by atoms with Gasteiger partial charge in [0.1, 0.15) is 10.8 Å². The summed E-state index contributed by atoms with van der Waals surface area (Å²) in [4.78, 5) is 0. The van der Waals surface area contributed by atoms with E-state index in [2.05, 4.69) is 15.5 Å². The number of aromatic nitrogens is 2. The lowest BCUT2D eigenvalue weighted by atomic mass is 10.1. The van der Waals surface area contributed by atoms with Gasteiger partial charge in [0.2, 0.25) is 10.0 Å². The molecule has 2 heterocycles. The molecule has 0 bridgehead atoms. The van der Waals surface area contributed by atoms with Gasteiger partial charge in [-0.3, -0.25) is 0 Å². The Labute approximate surface area is 153 Å². The summed E-state index contributed by atoms with van der Waals surface area (Å²) in [7, 11) is -3.27. The summed E-state index contributed by atoms with van der Waals surface area (Å²) >= 11 is 1.55. The maximum atomic E-state index is 12.6. The van der Waals surface area contributed by atoms with Crippen LogP contribution in [0.1, 0.15) is 18.4 Å². The Balaban J connectivity index is 1.54. The third-order valence-corrected chi connectivity index (χ3v) is 6.73. The lowest BCUT2D eigenvalue weighted by Crippen LogP contribution is -2.42. The first-order valence-corrected chi connectivity index (χ1v) is 11.1. The SMILES string of the molecule is CSc1ccc(NC2CCN(S(=O)(=O)Cc3ccccc3)CC2)nn1. The molecule has 1 aliphatic rings. The monoisotopic (exact) mass is 378 g/mol. The number of rotatable bonds is 6. The van der Waals surface area contributed by atoms with Gasteiger partial charge in [0.05, 0.1) is 5.75 Å². The lowest BCUT2D eigenvalue weighted by Gasteiger charge is -2.31. The smallest absolute Gasteiger partial charge is 0.218 e. The first-order chi connectivity index (χ1) is 12.1. The van der Waals surface area contributed by atoms with Gasteiger partial charge in [-0.25, -0.2) is 12.7 Å². The van der Waals surface area contributed by atoms with Crippen LogP contribution in [-0.4, -0.2) is 48.3 Å². The van der Waals surface area contributed by atoms with Crippen molar-refractivity contribution in [1.82, 2.24) is 14.5 Å². The van der Waals surface area contributed by atoms with E-state index in [4.69, 9.17) is 0 Å². The highest BCUT2D eigenvalue weighted by atomic mass is 32.2. The number of hydrogen-bond donors (Lipinski definition) is 1. The second-order valence-electron chi connectivity index (χ2n) is 6.02. The van der Waals surface area contributed by atoms with Crippen molar-refractivity contribution in [3.05, 3.63) is 48.0 Å². The maximum absolute atomic E-state index is 12.6. The Bertz CT molecular complexity index is 774. The summed E-state index contributed by atoms with van der Waals surface area (Å²) in [6.45, 7) is 1.06. The first kappa shape index (κ1) is 18.2. The number of thioether (sulfide) groups is 1. The van der Waals surface area contributed by atoms with E-state index in [9.17, 15) is 8.42 Å². The van der Waals surface area contributed by atoms with E-state index < -0.39 is 10.0 Å². The molecule has 1 N–H and O–H groups in total. The first-order valence-electron chi connectivity index (χ1n) is 8.23. The Kier molecular flexibility index (Phi) is 5.93. The summed E-state index contributed by atoms with van der Waals surface area (Å²) in [5.74, 6) is 0.802. The van der Waals surface area contributed by atoms with Crippen LogP contribution in [0.25, 0.3) is 0 Å². The normalized spacial score (nSPS) is 16.7. The van der Waals surface area contributed by atoms with Gasteiger partial charge in [0, 0.05) is 19.1 Å². The molecular weight excluding hydrogens is 356 g/mol. The van der Waals surface area contributed by atoms with Crippen LogP contribution in [0, 0.1) is 0 Å². The summed E-state index contributed by atoms with van der Waals surface area (Å²) in [5, 5.41) is 12.5. The van der Waals surface area contributed by atoms with Gasteiger partial charge in [-0.1, -0.05) is 30.3 Å². The van der Waals surface area contributed by atoms with Crippen molar-refractivity contribution in [3.63, 3.8) is 0 Å². The number of sulfonamides is 1. The molecule has 0 saturated carbocycles. The molecule has 1 fully saturated rings. The Morgan fingerprint density at radius 3 is 2.44 bits per heavy atom. The summed E-state index contributed by atoms with van der Waals surface area (Å²) in [6.07, 6.45) is 3.49. The number of anilines is 1. The highest BCUT2D eigenvalue weighted by molar-refractivity contribution is 7.98. The van der Waals surface area contributed by atoms with Gasteiger partial charge in [-0.2, -0.15) is 0 Å². The minimum atomic E-state index is -3.27. The van der Waals surface area contributed by atoms with Gasteiger partial charge in [0.15, 0.2) is 0 Å². The summed E-state index contributed by atoms with van der Waals surface area (Å²) < 4.78 is 26.7. The average molecular weight is 379 g/mol. The van der Waals surface area contributed by atoms with E-state index in [1.165, 1.54) is 0 Å². The molecule has 6 nitrogen and oxygen atoms in total. The summed E-state index contributed by atoms with van der Waals surface area (Å²) in [6, 6.07) is 13.4. The number of nitrogens with zero attached hydrogens (tertiary/aromatic N) is 3. The molecule has 1 aliphatic heterocycles. The summed E-state index contributed by atoms with van der Waals surface area (Å²) in [5.41, 5.74) is 0.826. The molecule has 0 spiro atoms.